The number of fused-ring (bicyclic) bond motifs is 1. The summed E-state index contributed by atoms with van der Waals surface area (Å²) in [4.78, 5) is 42.5. The van der Waals surface area contributed by atoms with Gasteiger partial charge in [-0.05, 0) is 25.0 Å². The van der Waals surface area contributed by atoms with Crippen LogP contribution in [0.4, 0.5) is 5.69 Å². The first-order chi connectivity index (χ1) is 15.7. The molecule has 3 unspecified atom stereocenters. The lowest BCUT2D eigenvalue weighted by atomic mass is 9.70. The molecule has 1 aromatic rings. The van der Waals surface area contributed by atoms with Crippen molar-refractivity contribution in [3.8, 4) is 0 Å². The van der Waals surface area contributed by atoms with Gasteiger partial charge < -0.3 is 24.7 Å². The van der Waals surface area contributed by atoms with E-state index < -0.39 is 53.4 Å². The van der Waals surface area contributed by atoms with Crippen molar-refractivity contribution in [1.82, 2.24) is 4.90 Å². The summed E-state index contributed by atoms with van der Waals surface area (Å²) in [7, 11) is 0. The Morgan fingerprint density at radius 2 is 2.15 bits per heavy atom. The lowest BCUT2D eigenvalue weighted by Crippen LogP contribution is -2.59. The van der Waals surface area contributed by atoms with E-state index in [1.54, 1.807) is 37.3 Å². The standard InChI is InChI=1S/C23H26BrClN2O6/c1-3-9-26(15-8-6-5-7-14(15)25)21(30)19-23-10-13(24)18(33-23)16(22(31)32)17(23)20(29)27(19)12(4-2)11-28/h3,5-8,12-13,16-19,28H,1,4,9-11H2,2H3,(H,31,32)/t12-,13?,16-,17-,18-,19?,23?/m0/s1. The van der Waals surface area contributed by atoms with Crippen LogP contribution in [0.2, 0.25) is 5.02 Å². The number of carbonyl (C=O) groups excluding carboxylic acids is 2. The molecule has 4 rings (SSSR count). The van der Waals surface area contributed by atoms with Gasteiger partial charge in [0.15, 0.2) is 0 Å². The normalized spacial score (nSPS) is 33.2. The molecule has 0 aliphatic carbocycles. The van der Waals surface area contributed by atoms with Gasteiger partial charge in [-0.15, -0.1) is 6.58 Å². The fourth-order valence-electron chi connectivity index (χ4n) is 5.69. The molecule has 3 aliphatic heterocycles. The van der Waals surface area contributed by atoms with Crippen LogP contribution in [-0.2, 0) is 19.1 Å². The Morgan fingerprint density at radius 3 is 2.73 bits per heavy atom. The van der Waals surface area contributed by atoms with Crippen LogP contribution >= 0.6 is 27.5 Å². The molecule has 1 aromatic carbocycles. The van der Waals surface area contributed by atoms with E-state index in [0.717, 1.165) is 0 Å². The Bertz CT molecular complexity index is 987. The van der Waals surface area contributed by atoms with Crippen LogP contribution in [0.15, 0.2) is 36.9 Å². The summed E-state index contributed by atoms with van der Waals surface area (Å²) in [6, 6.07) is 5.08. The Kier molecular flexibility index (Phi) is 6.61. The molecule has 33 heavy (non-hydrogen) atoms. The number of nitrogens with zero attached hydrogens (tertiary/aromatic N) is 2. The van der Waals surface area contributed by atoms with Gasteiger partial charge >= 0.3 is 5.97 Å². The zero-order valence-electron chi connectivity index (χ0n) is 18.1. The Morgan fingerprint density at radius 1 is 1.45 bits per heavy atom. The van der Waals surface area contributed by atoms with E-state index in [4.69, 9.17) is 16.3 Å². The van der Waals surface area contributed by atoms with Crippen molar-refractivity contribution < 1.29 is 29.3 Å². The summed E-state index contributed by atoms with van der Waals surface area (Å²) in [6.07, 6.45) is 1.52. The fraction of sp³-hybridized carbons (Fsp3) is 0.522. The maximum atomic E-state index is 14.2. The van der Waals surface area contributed by atoms with Crippen LogP contribution in [0.5, 0.6) is 0 Å². The van der Waals surface area contributed by atoms with E-state index in [2.05, 4.69) is 22.5 Å². The molecule has 178 valence electrons. The van der Waals surface area contributed by atoms with Crippen molar-refractivity contribution in [2.45, 2.75) is 48.4 Å². The number of aliphatic carboxylic acids is 1. The average Bonchev–Trinajstić information content (AvgIpc) is 3.37. The van der Waals surface area contributed by atoms with Crippen LogP contribution in [-0.4, -0.2) is 74.7 Å². The molecule has 3 heterocycles. The number of carboxylic acids is 1. The van der Waals surface area contributed by atoms with Crippen molar-refractivity contribution in [1.29, 1.82) is 0 Å². The fourth-order valence-corrected chi connectivity index (χ4v) is 6.87. The van der Waals surface area contributed by atoms with Crippen molar-refractivity contribution in [3.63, 3.8) is 0 Å². The molecule has 2 amide bonds. The highest BCUT2D eigenvalue weighted by atomic mass is 79.9. The number of carbonyl (C=O) groups is 3. The largest absolute Gasteiger partial charge is 0.481 e. The highest BCUT2D eigenvalue weighted by Crippen LogP contribution is 2.60. The van der Waals surface area contributed by atoms with Crippen LogP contribution in [0.3, 0.4) is 0 Å². The molecule has 0 saturated carbocycles. The first kappa shape index (κ1) is 24.2. The summed E-state index contributed by atoms with van der Waals surface area (Å²) < 4.78 is 6.26. The number of rotatable bonds is 8. The minimum Gasteiger partial charge on any atom is -0.481 e. The Hall–Kier alpha value is -1.94. The molecule has 3 aliphatic rings. The number of halogens is 2. The van der Waals surface area contributed by atoms with Crippen LogP contribution in [0.25, 0.3) is 0 Å². The van der Waals surface area contributed by atoms with E-state index in [-0.39, 0.29) is 18.0 Å². The summed E-state index contributed by atoms with van der Waals surface area (Å²) in [5.41, 5.74) is -0.870. The average molecular weight is 542 g/mol. The number of anilines is 1. The lowest BCUT2D eigenvalue weighted by Gasteiger charge is -2.39. The van der Waals surface area contributed by atoms with Gasteiger partial charge in [0, 0.05) is 11.4 Å². The third kappa shape index (κ3) is 3.51. The second-order valence-corrected chi connectivity index (χ2v) is 10.3. The lowest BCUT2D eigenvalue weighted by molar-refractivity contribution is -0.150. The minimum atomic E-state index is -1.32. The molecule has 3 saturated heterocycles. The molecule has 10 heteroatoms. The number of aliphatic hydroxyl groups is 1. The number of para-hydroxylation sites is 1. The van der Waals surface area contributed by atoms with Crippen molar-refractivity contribution in [3.05, 3.63) is 41.9 Å². The molecule has 2 N–H and O–H groups in total. The molecular weight excluding hydrogens is 516 g/mol. The van der Waals surface area contributed by atoms with Crippen molar-refractivity contribution in [2.24, 2.45) is 11.8 Å². The van der Waals surface area contributed by atoms with Crippen LogP contribution in [0.1, 0.15) is 19.8 Å². The highest BCUT2D eigenvalue weighted by Gasteiger charge is 2.77. The van der Waals surface area contributed by atoms with Gasteiger partial charge in [0.05, 0.1) is 41.3 Å². The van der Waals surface area contributed by atoms with Gasteiger partial charge in [-0.3, -0.25) is 14.4 Å². The third-order valence-corrected chi connectivity index (χ3v) is 8.21. The van der Waals surface area contributed by atoms with Crippen molar-refractivity contribution in [2.75, 3.05) is 18.1 Å². The van der Waals surface area contributed by atoms with E-state index >= 15 is 0 Å². The first-order valence-corrected chi connectivity index (χ1v) is 12.2. The van der Waals surface area contributed by atoms with E-state index in [1.807, 2.05) is 0 Å². The van der Waals surface area contributed by atoms with Gasteiger partial charge in [-0.25, -0.2) is 0 Å². The smallest absolute Gasteiger partial charge is 0.310 e. The molecule has 3 fully saturated rings. The second kappa shape index (κ2) is 9.02. The molecule has 7 atom stereocenters. The Labute approximate surface area is 205 Å². The number of hydrogen-bond donors (Lipinski definition) is 2. The first-order valence-electron chi connectivity index (χ1n) is 10.9. The summed E-state index contributed by atoms with van der Waals surface area (Å²) >= 11 is 9.92. The quantitative estimate of drug-likeness (QED) is 0.387. The topological polar surface area (TPSA) is 107 Å². The number of carboxylic acid groups (broad SMARTS) is 1. The Balaban J connectivity index is 1.86. The maximum absolute atomic E-state index is 14.2. The molecule has 1 spiro atoms. The number of alkyl halides is 1. The van der Waals surface area contributed by atoms with Gasteiger partial charge in [0.1, 0.15) is 11.6 Å². The van der Waals surface area contributed by atoms with E-state index in [0.29, 0.717) is 23.6 Å². The number of ether oxygens (including phenoxy) is 1. The molecule has 0 radical (unpaired) electrons. The number of hydrogen-bond acceptors (Lipinski definition) is 5. The maximum Gasteiger partial charge on any atom is 0.310 e. The van der Waals surface area contributed by atoms with Gasteiger partial charge in [-0.2, -0.15) is 0 Å². The summed E-state index contributed by atoms with van der Waals surface area (Å²) in [5, 5.41) is 20.3. The second-order valence-electron chi connectivity index (χ2n) is 8.68. The van der Waals surface area contributed by atoms with Crippen LogP contribution in [0, 0.1) is 11.8 Å². The number of aliphatic hydroxyl groups excluding tert-OH is 1. The summed E-state index contributed by atoms with van der Waals surface area (Å²) in [5.74, 6) is -4.15. The van der Waals surface area contributed by atoms with Gasteiger partial charge in [-0.1, -0.05) is 52.7 Å². The third-order valence-electron chi connectivity index (χ3n) is 7.04. The van der Waals surface area contributed by atoms with Gasteiger partial charge in [0.25, 0.3) is 5.91 Å². The molecule has 2 bridgehead atoms. The zero-order chi connectivity index (χ0) is 24.1. The monoisotopic (exact) mass is 540 g/mol. The SMILES string of the molecule is C=CCN(C(=O)C1N([C@@H](CC)CO)C(=O)[C@@H]2[C@H](C(=O)O)[C@H]3OC12CC3Br)c1ccccc1Cl. The highest BCUT2D eigenvalue weighted by molar-refractivity contribution is 9.09. The predicted octanol–water partition coefficient (Wildman–Crippen LogP) is 2.46. The van der Waals surface area contributed by atoms with Crippen LogP contribution < -0.4 is 4.90 Å². The number of benzene rings is 1. The summed E-state index contributed by atoms with van der Waals surface area (Å²) in [6.45, 7) is 5.32. The zero-order valence-corrected chi connectivity index (χ0v) is 20.4. The van der Waals surface area contributed by atoms with Crippen molar-refractivity contribution >= 4 is 51.0 Å². The molecule has 0 aromatic heterocycles. The minimum absolute atomic E-state index is 0.126. The van der Waals surface area contributed by atoms with Gasteiger partial charge in [0.2, 0.25) is 5.91 Å². The molecule has 8 nitrogen and oxygen atoms in total. The number of amides is 2. The van der Waals surface area contributed by atoms with E-state index in [1.165, 1.54) is 9.80 Å². The molecular formula is C23H26BrClN2O6. The van der Waals surface area contributed by atoms with E-state index in [9.17, 15) is 24.6 Å². The predicted molar refractivity (Wildman–Crippen MR) is 125 cm³/mol. The number of likely N-dealkylation sites (tertiary alicyclic amines) is 1.